The minimum absolute atomic E-state index is 0.0847. The second-order valence-electron chi connectivity index (χ2n) is 4.08. The molecular weight excluding hydrogens is 220 g/mol. The van der Waals surface area contributed by atoms with Crippen molar-refractivity contribution >= 4 is 5.78 Å². The van der Waals surface area contributed by atoms with Crippen LogP contribution in [0.1, 0.15) is 27.2 Å². The molecule has 0 unspecified atom stereocenters. The van der Waals surface area contributed by atoms with Crippen molar-refractivity contribution in [1.82, 2.24) is 0 Å². The van der Waals surface area contributed by atoms with Gasteiger partial charge in [-0.05, 0) is 20.8 Å². The lowest BCUT2D eigenvalue weighted by atomic mass is 10.0. The predicted octanol–water partition coefficient (Wildman–Crippen LogP) is 4.71. The van der Waals surface area contributed by atoms with Crippen LogP contribution in [0, 0.1) is 0 Å². The molecule has 0 aliphatic rings. The highest BCUT2D eigenvalue weighted by molar-refractivity contribution is 5.99. The molecule has 0 heterocycles. The summed E-state index contributed by atoms with van der Waals surface area (Å²) in [6.07, 6.45) is 13.2. The second-order valence-corrected chi connectivity index (χ2v) is 4.08. The Bertz CT molecular complexity index is 429. The third-order valence-corrected chi connectivity index (χ3v) is 2.40. The molecule has 1 heteroatoms. The zero-order valence-electron chi connectivity index (χ0n) is 11.6. The third kappa shape index (κ3) is 6.64. The van der Waals surface area contributed by atoms with E-state index in [0.29, 0.717) is 12.0 Å². The van der Waals surface area contributed by atoms with Gasteiger partial charge >= 0.3 is 0 Å². The Labute approximate surface area is 111 Å². The molecule has 0 N–H and O–H groups in total. The van der Waals surface area contributed by atoms with E-state index in [4.69, 9.17) is 0 Å². The normalized spacial score (nSPS) is 13.8. The largest absolute Gasteiger partial charge is 0.294 e. The van der Waals surface area contributed by atoms with E-state index in [1.807, 2.05) is 45.1 Å². The van der Waals surface area contributed by atoms with E-state index in [-0.39, 0.29) is 5.78 Å². The van der Waals surface area contributed by atoms with Crippen LogP contribution in [0.4, 0.5) is 0 Å². The molecule has 0 aromatic rings. The average molecular weight is 242 g/mol. The highest BCUT2D eigenvalue weighted by atomic mass is 16.1. The Morgan fingerprint density at radius 1 is 1.06 bits per heavy atom. The highest BCUT2D eigenvalue weighted by Crippen LogP contribution is 2.09. The lowest BCUT2D eigenvalue weighted by molar-refractivity contribution is -0.114. The summed E-state index contributed by atoms with van der Waals surface area (Å²) < 4.78 is 0. The van der Waals surface area contributed by atoms with Crippen LogP contribution in [0.2, 0.25) is 0 Å². The minimum atomic E-state index is 0.0847. The molecule has 0 aromatic carbocycles. The fourth-order valence-corrected chi connectivity index (χ4v) is 1.23. The molecule has 1 nitrogen and oxygen atoms in total. The molecule has 0 aromatic heterocycles. The van der Waals surface area contributed by atoms with Crippen LogP contribution < -0.4 is 0 Å². The molecule has 18 heavy (non-hydrogen) atoms. The molecule has 0 aliphatic heterocycles. The van der Waals surface area contributed by atoms with Gasteiger partial charge in [-0.15, -0.1) is 0 Å². The van der Waals surface area contributed by atoms with Gasteiger partial charge in [0, 0.05) is 12.0 Å². The van der Waals surface area contributed by atoms with Crippen molar-refractivity contribution in [1.29, 1.82) is 0 Å². The maximum Gasteiger partial charge on any atom is 0.166 e. The molecule has 0 radical (unpaired) electrons. The molecule has 0 bridgehead atoms. The highest BCUT2D eigenvalue weighted by Gasteiger charge is 2.05. The summed E-state index contributed by atoms with van der Waals surface area (Å²) in [4.78, 5) is 11.9. The third-order valence-electron chi connectivity index (χ3n) is 2.40. The monoisotopic (exact) mass is 242 g/mol. The number of hydrogen-bond acceptors (Lipinski definition) is 1. The predicted molar refractivity (Wildman–Crippen MR) is 80.4 cm³/mol. The molecule has 96 valence electrons. The summed E-state index contributed by atoms with van der Waals surface area (Å²) >= 11 is 0. The van der Waals surface area contributed by atoms with Gasteiger partial charge in [0.15, 0.2) is 5.78 Å². The fraction of sp³-hybridized carbons (Fsp3) is 0.235. The number of rotatable bonds is 7. The van der Waals surface area contributed by atoms with E-state index in [1.54, 1.807) is 18.2 Å². The van der Waals surface area contributed by atoms with Crippen molar-refractivity contribution in [2.45, 2.75) is 27.2 Å². The minimum Gasteiger partial charge on any atom is -0.294 e. The van der Waals surface area contributed by atoms with E-state index in [9.17, 15) is 4.79 Å². The van der Waals surface area contributed by atoms with Gasteiger partial charge in [0.2, 0.25) is 0 Å². The van der Waals surface area contributed by atoms with Crippen molar-refractivity contribution in [2.24, 2.45) is 0 Å². The van der Waals surface area contributed by atoms with Gasteiger partial charge < -0.3 is 0 Å². The molecule has 0 aliphatic carbocycles. The fourth-order valence-electron chi connectivity index (χ4n) is 1.23. The van der Waals surface area contributed by atoms with E-state index < -0.39 is 0 Å². The van der Waals surface area contributed by atoms with E-state index in [1.165, 1.54) is 0 Å². The smallest absolute Gasteiger partial charge is 0.166 e. The van der Waals surface area contributed by atoms with Crippen LogP contribution in [-0.4, -0.2) is 5.78 Å². The van der Waals surface area contributed by atoms with Gasteiger partial charge in [-0.25, -0.2) is 0 Å². The van der Waals surface area contributed by atoms with Crippen molar-refractivity contribution in [3.63, 3.8) is 0 Å². The first-order chi connectivity index (χ1) is 8.54. The maximum atomic E-state index is 11.9. The summed E-state index contributed by atoms with van der Waals surface area (Å²) in [6.45, 7) is 13.2. The first kappa shape index (κ1) is 16.1. The Balaban J connectivity index is 4.74. The van der Waals surface area contributed by atoms with Gasteiger partial charge in [-0.2, -0.15) is 0 Å². The van der Waals surface area contributed by atoms with Gasteiger partial charge in [0.1, 0.15) is 0 Å². The van der Waals surface area contributed by atoms with Crippen LogP contribution in [-0.2, 0) is 4.79 Å². The molecular formula is C17H22O. The molecule has 0 amide bonds. The number of ketones is 1. The first-order valence-electron chi connectivity index (χ1n) is 6.00. The number of carbonyl (C=O) groups is 1. The standard InChI is InChI=1S/C17H22O/c1-6-9-10-16(8-3)17(18)13-15(5)12-11-14(4)7-2/h6-12H,2-3,13H2,1,4-5H3/b9-6-,14-11-,15-12+,16-10+. The Hall–Kier alpha value is -1.89. The molecule has 0 saturated heterocycles. The zero-order valence-corrected chi connectivity index (χ0v) is 11.6. The maximum absolute atomic E-state index is 11.9. The molecule has 0 spiro atoms. The van der Waals surface area contributed by atoms with Gasteiger partial charge in [0.25, 0.3) is 0 Å². The quantitative estimate of drug-likeness (QED) is 0.466. The number of hydrogen-bond donors (Lipinski definition) is 0. The zero-order chi connectivity index (χ0) is 14.0. The molecule has 0 saturated carbocycles. The summed E-state index contributed by atoms with van der Waals surface area (Å²) in [6, 6.07) is 0. The van der Waals surface area contributed by atoms with Gasteiger partial charge in [-0.1, -0.05) is 66.8 Å². The Kier molecular flexibility index (Phi) is 8.21. The van der Waals surface area contributed by atoms with Crippen molar-refractivity contribution in [2.75, 3.05) is 0 Å². The van der Waals surface area contributed by atoms with Crippen LogP contribution in [0.3, 0.4) is 0 Å². The summed E-state index contributed by atoms with van der Waals surface area (Å²) in [7, 11) is 0. The van der Waals surface area contributed by atoms with E-state index >= 15 is 0 Å². The van der Waals surface area contributed by atoms with Gasteiger partial charge in [-0.3, -0.25) is 4.79 Å². The Morgan fingerprint density at radius 2 is 1.72 bits per heavy atom. The number of allylic oxidation sites excluding steroid dienone is 10. The summed E-state index contributed by atoms with van der Waals surface area (Å²) in [5.41, 5.74) is 2.75. The van der Waals surface area contributed by atoms with Crippen molar-refractivity contribution in [3.8, 4) is 0 Å². The molecule has 0 atom stereocenters. The van der Waals surface area contributed by atoms with Crippen molar-refractivity contribution in [3.05, 3.63) is 72.4 Å². The van der Waals surface area contributed by atoms with Crippen LogP contribution >= 0.6 is 0 Å². The van der Waals surface area contributed by atoms with Crippen LogP contribution in [0.15, 0.2) is 72.4 Å². The molecule has 0 rings (SSSR count). The number of Topliss-reactive ketones (excluding diaryl/α,β-unsaturated/α-hetero) is 1. The van der Waals surface area contributed by atoms with Crippen LogP contribution in [0.25, 0.3) is 0 Å². The van der Waals surface area contributed by atoms with E-state index in [2.05, 4.69) is 13.2 Å². The SMILES string of the molecule is C=C/C(C)=C\C=C(/C)CC(=O)/C(C=C)=C/C=C\C. The first-order valence-corrected chi connectivity index (χ1v) is 6.00. The average Bonchev–Trinajstić information content (AvgIpc) is 2.36. The lowest BCUT2D eigenvalue weighted by Crippen LogP contribution is -2.00. The lowest BCUT2D eigenvalue weighted by Gasteiger charge is -2.01. The van der Waals surface area contributed by atoms with E-state index in [0.717, 1.165) is 11.1 Å². The summed E-state index contributed by atoms with van der Waals surface area (Å²) in [5, 5.41) is 0. The summed E-state index contributed by atoms with van der Waals surface area (Å²) in [5.74, 6) is 0.0847. The Morgan fingerprint density at radius 3 is 2.22 bits per heavy atom. The molecule has 0 fully saturated rings. The number of carbonyl (C=O) groups excluding carboxylic acids is 1. The van der Waals surface area contributed by atoms with Crippen LogP contribution in [0.5, 0.6) is 0 Å². The second kappa shape index (κ2) is 9.17. The van der Waals surface area contributed by atoms with Gasteiger partial charge in [0.05, 0.1) is 0 Å². The topological polar surface area (TPSA) is 17.1 Å². The van der Waals surface area contributed by atoms with Crippen molar-refractivity contribution < 1.29 is 4.79 Å².